The average molecular weight is 278 g/mol. The van der Waals surface area contributed by atoms with E-state index in [0.29, 0.717) is 5.92 Å². The summed E-state index contributed by atoms with van der Waals surface area (Å²) in [6.07, 6.45) is 2.91. The maximum absolute atomic E-state index is 13.5. The first kappa shape index (κ1) is 15.3. The van der Waals surface area contributed by atoms with Crippen LogP contribution in [0.4, 0.5) is 10.1 Å². The third kappa shape index (κ3) is 3.51. The number of benzene rings is 1. The highest BCUT2D eigenvalue weighted by atomic mass is 19.1. The predicted molar refractivity (Wildman–Crippen MR) is 83.5 cm³/mol. The Kier molecular flexibility index (Phi) is 5.03. The van der Waals surface area contributed by atoms with Crippen LogP contribution < -0.4 is 10.6 Å². The van der Waals surface area contributed by atoms with Gasteiger partial charge in [0.1, 0.15) is 5.82 Å². The summed E-state index contributed by atoms with van der Waals surface area (Å²) in [6, 6.07) is 5.27. The van der Waals surface area contributed by atoms with E-state index in [1.54, 1.807) is 12.1 Å². The van der Waals surface area contributed by atoms with Crippen molar-refractivity contribution in [3.05, 3.63) is 29.6 Å². The van der Waals surface area contributed by atoms with Crippen molar-refractivity contribution < 1.29 is 4.39 Å². The van der Waals surface area contributed by atoms with Crippen molar-refractivity contribution in [3.8, 4) is 0 Å². The molecule has 0 aromatic heterocycles. The van der Waals surface area contributed by atoms with Crippen molar-refractivity contribution in [3.63, 3.8) is 0 Å². The smallest absolute Gasteiger partial charge is 0.123 e. The van der Waals surface area contributed by atoms with Gasteiger partial charge in [0.2, 0.25) is 0 Å². The Morgan fingerprint density at radius 2 is 2.15 bits per heavy atom. The highest BCUT2D eigenvalue weighted by Crippen LogP contribution is 2.31. The van der Waals surface area contributed by atoms with Gasteiger partial charge in [0.25, 0.3) is 0 Å². The van der Waals surface area contributed by atoms with Crippen LogP contribution in [-0.2, 0) is 6.42 Å². The van der Waals surface area contributed by atoms with Crippen molar-refractivity contribution in [2.24, 2.45) is 17.6 Å². The van der Waals surface area contributed by atoms with E-state index in [2.05, 4.69) is 25.7 Å². The topological polar surface area (TPSA) is 29.3 Å². The second kappa shape index (κ2) is 6.57. The maximum atomic E-state index is 13.5. The van der Waals surface area contributed by atoms with Crippen molar-refractivity contribution in [2.75, 3.05) is 18.0 Å². The lowest BCUT2D eigenvalue weighted by atomic mass is 9.95. The fourth-order valence-corrected chi connectivity index (χ4v) is 3.00. The van der Waals surface area contributed by atoms with Gasteiger partial charge in [-0.15, -0.1) is 0 Å². The minimum atomic E-state index is -0.161. The number of anilines is 1. The van der Waals surface area contributed by atoms with Gasteiger partial charge >= 0.3 is 0 Å². The Balaban J connectivity index is 2.19. The zero-order valence-electron chi connectivity index (χ0n) is 12.9. The van der Waals surface area contributed by atoms with Gasteiger partial charge in [-0.25, -0.2) is 4.39 Å². The molecule has 2 N–H and O–H groups in total. The first-order valence-electron chi connectivity index (χ1n) is 7.80. The Labute approximate surface area is 122 Å². The molecule has 0 aliphatic carbocycles. The zero-order chi connectivity index (χ0) is 14.7. The highest BCUT2D eigenvalue weighted by molar-refractivity contribution is 5.55. The summed E-state index contributed by atoms with van der Waals surface area (Å²) in [5.74, 6) is 1.29. The zero-order valence-corrected chi connectivity index (χ0v) is 12.9. The van der Waals surface area contributed by atoms with Crippen LogP contribution in [0.5, 0.6) is 0 Å². The van der Waals surface area contributed by atoms with Crippen LogP contribution in [0.3, 0.4) is 0 Å². The molecule has 2 nitrogen and oxygen atoms in total. The second-order valence-corrected chi connectivity index (χ2v) is 6.38. The molecule has 0 bridgehead atoms. The molecular weight excluding hydrogens is 251 g/mol. The summed E-state index contributed by atoms with van der Waals surface area (Å²) < 4.78 is 13.5. The van der Waals surface area contributed by atoms with Gasteiger partial charge in [-0.05, 0) is 54.9 Å². The molecule has 2 atom stereocenters. The molecule has 0 radical (unpaired) electrons. The number of hydrogen-bond donors (Lipinski definition) is 1. The van der Waals surface area contributed by atoms with Crippen molar-refractivity contribution >= 4 is 5.69 Å². The lowest BCUT2D eigenvalue weighted by molar-refractivity contribution is 0.422. The minimum Gasteiger partial charge on any atom is -0.371 e. The lowest BCUT2D eigenvalue weighted by Crippen LogP contribution is -2.26. The van der Waals surface area contributed by atoms with Crippen LogP contribution in [-0.4, -0.2) is 19.1 Å². The minimum absolute atomic E-state index is 0.110. The Hall–Kier alpha value is -1.09. The summed E-state index contributed by atoms with van der Waals surface area (Å²) in [6.45, 7) is 8.80. The van der Waals surface area contributed by atoms with Gasteiger partial charge in [0, 0.05) is 24.8 Å². The van der Waals surface area contributed by atoms with Gasteiger partial charge in [-0.2, -0.15) is 0 Å². The Bertz CT molecular complexity index is 445. The normalized spacial score (nSPS) is 20.7. The molecule has 1 heterocycles. The fourth-order valence-electron chi connectivity index (χ4n) is 3.00. The van der Waals surface area contributed by atoms with Gasteiger partial charge in [0.15, 0.2) is 0 Å². The molecule has 2 rings (SSSR count). The van der Waals surface area contributed by atoms with E-state index in [4.69, 9.17) is 5.73 Å². The van der Waals surface area contributed by atoms with Crippen molar-refractivity contribution in [1.82, 2.24) is 0 Å². The van der Waals surface area contributed by atoms with Gasteiger partial charge in [0.05, 0.1) is 0 Å². The summed E-state index contributed by atoms with van der Waals surface area (Å²) in [7, 11) is 0. The monoisotopic (exact) mass is 278 g/mol. The molecule has 1 fully saturated rings. The quantitative estimate of drug-likeness (QED) is 0.892. The summed E-state index contributed by atoms with van der Waals surface area (Å²) in [5, 5.41) is 0. The third-order valence-corrected chi connectivity index (χ3v) is 4.56. The van der Waals surface area contributed by atoms with E-state index < -0.39 is 0 Å². The molecule has 1 aliphatic rings. The van der Waals surface area contributed by atoms with E-state index in [1.165, 1.54) is 12.1 Å². The summed E-state index contributed by atoms with van der Waals surface area (Å²) in [4.78, 5) is 2.40. The lowest BCUT2D eigenvalue weighted by Gasteiger charge is -2.24. The van der Waals surface area contributed by atoms with E-state index in [0.717, 1.165) is 37.4 Å². The van der Waals surface area contributed by atoms with Gasteiger partial charge in [-0.3, -0.25) is 0 Å². The molecule has 112 valence electrons. The van der Waals surface area contributed by atoms with Crippen LogP contribution in [0.15, 0.2) is 18.2 Å². The van der Waals surface area contributed by atoms with E-state index in [1.807, 2.05) is 6.07 Å². The summed E-state index contributed by atoms with van der Waals surface area (Å²) >= 11 is 0. The Morgan fingerprint density at radius 3 is 2.75 bits per heavy atom. The molecule has 0 amide bonds. The molecule has 1 aromatic carbocycles. The number of nitrogens with zero attached hydrogens (tertiary/aromatic N) is 1. The van der Waals surface area contributed by atoms with Crippen LogP contribution in [0, 0.1) is 17.7 Å². The molecule has 0 spiro atoms. The maximum Gasteiger partial charge on any atom is 0.123 e. The average Bonchev–Trinajstić information content (AvgIpc) is 2.88. The molecule has 20 heavy (non-hydrogen) atoms. The SMILES string of the molecule is CCC(N)Cc1cc(F)ccc1N1CCC(C(C)C)C1. The second-order valence-electron chi connectivity index (χ2n) is 6.38. The molecule has 1 aliphatic heterocycles. The molecular formula is C17H27FN2. The number of rotatable bonds is 5. The van der Waals surface area contributed by atoms with Crippen LogP contribution in [0.25, 0.3) is 0 Å². The van der Waals surface area contributed by atoms with Crippen LogP contribution in [0.2, 0.25) is 0 Å². The van der Waals surface area contributed by atoms with Crippen molar-refractivity contribution in [2.45, 2.75) is 46.1 Å². The first-order chi connectivity index (χ1) is 9.51. The Morgan fingerprint density at radius 1 is 1.40 bits per heavy atom. The largest absolute Gasteiger partial charge is 0.371 e. The van der Waals surface area contributed by atoms with Crippen LogP contribution in [0.1, 0.15) is 39.2 Å². The fraction of sp³-hybridized carbons (Fsp3) is 0.647. The highest BCUT2D eigenvalue weighted by Gasteiger charge is 2.26. The van der Waals surface area contributed by atoms with Crippen LogP contribution >= 0.6 is 0 Å². The summed E-state index contributed by atoms with van der Waals surface area (Å²) in [5.41, 5.74) is 8.30. The first-order valence-corrected chi connectivity index (χ1v) is 7.80. The molecule has 3 heteroatoms. The van der Waals surface area contributed by atoms with E-state index in [9.17, 15) is 4.39 Å². The van der Waals surface area contributed by atoms with E-state index in [-0.39, 0.29) is 11.9 Å². The standard InChI is InChI=1S/C17H27FN2/c1-4-16(19)10-14-9-15(18)5-6-17(14)20-8-7-13(11-20)12(2)3/h5-6,9,12-13,16H,4,7-8,10-11,19H2,1-3H3. The predicted octanol–water partition coefficient (Wildman–Crippen LogP) is 3.59. The van der Waals surface area contributed by atoms with Gasteiger partial charge in [-0.1, -0.05) is 20.8 Å². The van der Waals surface area contributed by atoms with Gasteiger partial charge < -0.3 is 10.6 Å². The number of nitrogens with two attached hydrogens (primary N) is 1. The third-order valence-electron chi connectivity index (χ3n) is 4.56. The number of hydrogen-bond acceptors (Lipinski definition) is 2. The number of halogens is 1. The molecule has 1 saturated heterocycles. The van der Waals surface area contributed by atoms with E-state index >= 15 is 0 Å². The molecule has 0 saturated carbocycles. The van der Waals surface area contributed by atoms with Crippen molar-refractivity contribution in [1.29, 1.82) is 0 Å². The molecule has 2 unspecified atom stereocenters. The molecule has 1 aromatic rings.